The molecule has 2 nitrogen and oxygen atoms in total. The van der Waals surface area contributed by atoms with Gasteiger partial charge in [0, 0.05) is 17.5 Å². The Balaban J connectivity index is 2.33. The molecule has 2 aromatic rings. The quantitative estimate of drug-likeness (QED) is 0.865. The first-order valence-electron chi connectivity index (χ1n) is 6.02. The lowest BCUT2D eigenvalue weighted by Gasteiger charge is -2.10. The summed E-state index contributed by atoms with van der Waals surface area (Å²) in [7, 11) is 0. The van der Waals surface area contributed by atoms with E-state index in [9.17, 15) is 22.4 Å². The first-order valence-corrected chi connectivity index (χ1v) is 6.02. The molecule has 0 atom stereocenters. The highest BCUT2D eigenvalue weighted by Gasteiger charge is 2.30. The van der Waals surface area contributed by atoms with Crippen LogP contribution in [0.3, 0.4) is 0 Å². The van der Waals surface area contributed by atoms with Gasteiger partial charge in [0.25, 0.3) is 0 Å². The van der Waals surface area contributed by atoms with E-state index >= 15 is 0 Å². The Bertz CT molecular complexity index is 662. The average Bonchev–Trinajstić information content (AvgIpc) is 2.40. The molecule has 0 saturated heterocycles. The molecule has 6 heteroatoms. The summed E-state index contributed by atoms with van der Waals surface area (Å²) in [5.74, 6) is -1.40. The Hall–Kier alpha value is -2.37. The van der Waals surface area contributed by atoms with E-state index in [1.54, 1.807) is 0 Å². The molecule has 0 aliphatic rings. The highest BCUT2D eigenvalue weighted by molar-refractivity contribution is 5.94. The predicted octanol–water partition coefficient (Wildman–Crippen LogP) is 3.53. The van der Waals surface area contributed by atoms with Crippen molar-refractivity contribution >= 4 is 5.91 Å². The van der Waals surface area contributed by atoms with Gasteiger partial charge in [0.05, 0.1) is 5.56 Å². The molecule has 0 aliphatic heterocycles. The molecule has 0 radical (unpaired) electrons. The van der Waals surface area contributed by atoms with Gasteiger partial charge in [-0.2, -0.15) is 13.2 Å². The van der Waals surface area contributed by atoms with Crippen molar-refractivity contribution in [3.8, 4) is 0 Å². The zero-order valence-corrected chi connectivity index (χ0v) is 10.7. The maximum Gasteiger partial charge on any atom is 0.416 e. The van der Waals surface area contributed by atoms with Crippen molar-refractivity contribution in [2.45, 2.75) is 12.6 Å². The van der Waals surface area contributed by atoms with E-state index in [4.69, 9.17) is 5.73 Å². The van der Waals surface area contributed by atoms with E-state index in [-0.39, 0.29) is 17.5 Å². The Labute approximate surface area is 118 Å². The van der Waals surface area contributed by atoms with Crippen LogP contribution in [0.4, 0.5) is 17.6 Å². The third kappa shape index (κ3) is 3.39. The molecule has 2 rings (SSSR count). The zero-order valence-electron chi connectivity index (χ0n) is 10.7. The maximum atomic E-state index is 13.8. The number of benzene rings is 2. The minimum atomic E-state index is -4.42. The molecule has 0 heterocycles. The lowest BCUT2D eigenvalue weighted by atomic mass is 9.98. The number of hydrogen-bond acceptors (Lipinski definition) is 1. The molecule has 0 unspecified atom stereocenters. The SMILES string of the molecule is NC(=O)c1cccc(F)c1Cc1ccc(C(F)(F)F)cc1. The second-order valence-corrected chi connectivity index (χ2v) is 4.50. The molecule has 0 aliphatic carbocycles. The van der Waals surface area contributed by atoms with Gasteiger partial charge in [0.15, 0.2) is 0 Å². The van der Waals surface area contributed by atoms with Crippen molar-refractivity contribution in [2.75, 3.05) is 0 Å². The van der Waals surface area contributed by atoms with Gasteiger partial charge >= 0.3 is 6.18 Å². The van der Waals surface area contributed by atoms with Gasteiger partial charge in [-0.1, -0.05) is 18.2 Å². The number of amides is 1. The van der Waals surface area contributed by atoms with Gasteiger partial charge in [-0.25, -0.2) is 4.39 Å². The van der Waals surface area contributed by atoms with Crippen LogP contribution < -0.4 is 5.73 Å². The van der Waals surface area contributed by atoms with Gasteiger partial charge in [-0.15, -0.1) is 0 Å². The lowest BCUT2D eigenvalue weighted by molar-refractivity contribution is -0.137. The Kier molecular flexibility index (Phi) is 3.97. The van der Waals surface area contributed by atoms with Crippen LogP contribution in [-0.4, -0.2) is 5.91 Å². The molecular weight excluding hydrogens is 286 g/mol. The van der Waals surface area contributed by atoms with E-state index < -0.39 is 23.5 Å². The molecule has 0 saturated carbocycles. The molecule has 0 aromatic heterocycles. The van der Waals surface area contributed by atoms with Crippen molar-refractivity contribution in [1.29, 1.82) is 0 Å². The zero-order chi connectivity index (χ0) is 15.6. The fourth-order valence-electron chi connectivity index (χ4n) is 1.98. The van der Waals surface area contributed by atoms with Crippen LogP contribution in [0.2, 0.25) is 0 Å². The molecule has 1 amide bonds. The van der Waals surface area contributed by atoms with Crippen LogP contribution in [0.25, 0.3) is 0 Å². The van der Waals surface area contributed by atoms with Crippen molar-refractivity contribution < 1.29 is 22.4 Å². The fraction of sp³-hybridized carbons (Fsp3) is 0.133. The molecule has 0 bridgehead atoms. The summed E-state index contributed by atoms with van der Waals surface area (Å²) < 4.78 is 51.2. The Morgan fingerprint density at radius 1 is 1.05 bits per heavy atom. The van der Waals surface area contributed by atoms with Crippen molar-refractivity contribution in [1.82, 2.24) is 0 Å². The summed E-state index contributed by atoms with van der Waals surface area (Å²) in [5, 5.41) is 0. The predicted molar refractivity (Wildman–Crippen MR) is 69.2 cm³/mol. The lowest BCUT2D eigenvalue weighted by Crippen LogP contribution is -2.15. The largest absolute Gasteiger partial charge is 0.416 e. The van der Waals surface area contributed by atoms with Gasteiger partial charge < -0.3 is 5.73 Å². The second kappa shape index (κ2) is 5.55. The van der Waals surface area contributed by atoms with Crippen molar-refractivity contribution in [2.24, 2.45) is 5.73 Å². The summed E-state index contributed by atoms with van der Waals surface area (Å²) >= 11 is 0. The summed E-state index contributed by atoms with van der Waals surface area (Å²) in [4.78, 5) is 11.3. The third-order valence-corrected chi connectivity index (χ3v) is 3.05. The summed E-state index contributed by atoms with van der Waals surface area (Å²) in [6.45, 7) is 0. The molecule has 21 heavy (non-hydrogen) atoms. The maximum absolute atomic E-state index is 13.8. The van der Waals surface area contributed by atoms with Crippen LogP contribution in [0.5, 0.6) is 0 Å². The van der Waals surface area contributed by atoms with Crippen molar-refractivity contribution in [3.05, 3.63) is 70.5 Å². The second-order valence-electron chi connectivity index (χ2n) is 4.50. The first-order chi connectivity index (χ1) is 9.79. The Morgan fingerprint density at radius 2 is 1.67 bits per heavy atom. The number of alkyl halides is 3. The summed E-state index contributed by atoms with van der Waals surface area (Å²) in [6, 6.07) is 8.24. The molecule has 0 spiro atoms. The minimum absolute atomic E-state index is 0.0108. The number of halogens is 4. The number of carbonyl (C=O) groups is 1. The van der Waals surface area contributed by atoms with Gasteiger partial charge in [0.2, 0.25) is 5.91 Å². The van der Waals surface area contributed by atoms with Gasteiger partial charge in [0.1, 0.15) is 5.82 Å². The normalized spacial score (nSPS) is 11.4. The standard InChI is InChI=1S/C15H11F4NO/c16-13-3-1-2-11(14(20)21)12(13)8-9-4-6-10(7-5-9)15(17,18)19/h1-7H,8H2,(H2,20,21). The summed E-state index contributed by atoms with van der Waals surface area (Å²) in [5.41, 5.74) is 4.93. The smallest absolute Gasteiger partial charge is 0.366 e. The van der Waals surface area contributed by atoms with Crippen LogP contribution in [0, 0.1) is 5.82 Å². The molecule has 110 valence electrons. The van der Waals surface area contributed by atoms with E-state index in [0.717, 1.165) is 12.1 Å². The van der Waals surface area contributed by atoms with E-state index in [1.807, 2.05) is 0 Å². The highest BCUT2D eigenvalue weighted by Crippen LogP contribution is 2.29. The van der Waals surface area contributed by atoms with E-state index in [0.29, 0.717) is 5.56 Å². The summed E-state index contributed by atoms with van der Waals surface area (Å²) in [6.07, 6.45) is -4.43. The van der Waals surface area contributed by atoms with Gasteiger partial charge in [-0.3, -0.25) is 4.79 Å². The minimum Gasteiger partial charge on any atom is -0.366 e. The molecule has 0 fully saturated rings. The van der Waals surface area contributed by atoms with E-state index in [2.05, 4.69) is 0 Å². The molecule has 2 N–H and O–H groups in total. The van der Waals surface area contributed by atoms with Crippen LogP contribution in [0.1, 0.15) is 27.0 Å². The highest BCUT2D eigenvalue weighted by atomic mass is 19.4. The molecular formula is C15H11F4NO. The monoisotopic (exact) mass is 297 g/mol. The van der Waals surface area contributed by atoms with E-state index in [1.165, 1.54) is 30.3 Å². The van der Waals surface area contributed by atoms with Crippen LogP contribution in [-0.2, 0) is 12.6 Å². The number of nitrogens with two attached hydrogens (primary N) is 1. The number of hydrogen-bond donors (Lipinski definition) is 1. The van der Waals surface area contributed by atoms with Crippen molar-refractivity contribution in [3.63, 3.8) is 0 Å². The number of rotatable bonds is 3. The fourth-order valence-corrected chi connectivity index (χ4v) is 1.98. The first kappa shape index (κ1) is 15.0. The number of carbonyl (C=O) groups excluding carboxylic acids is 1. The van der Waals surface area contributed by atoms with Gasteiger partial charge in [-0.05, 0) is 29.8 Å². The topological polar surface area (TPSA) is 43.1 Å². The van der Waals surface area contributed by atoms with Crippen LogP contribution in [0.15, 0.2) is 42.5 Å². The average molecular weight is 297 g/mol. The third-order valence-electron chi connectivity index (χ3n) is 3.05. The number of primary amides is 1. The Morgan fingerprint density at radius 3 is 2.19 bits per heavy atom. The van der Waals surface area contributed by atoms with Crippen LogP contribution >= 0.6 is 0 Å². The molecule has 2 aromatic carbocycles.